The summed E-state index contributed by atoms with van der Waals surface area (Å²) in [6, 6.07) is 3.62. The van der Waals surface area contributed by atoms with Crippen LogP contribution in [-0.2, 0) is 0 Å². The smallest absolute Gasteiger partial charge is 0.162 e. The van der Waals surface area contributed by atoms with Crippen molar-refractivity contribution in [3.05, 3.63) is 22.2 Å². The first-order valence-corrected chi connectivity index (χ1v) is 6.78. The van der Waals surface area contributed by atoms with Gasteiger partial charge in [-0.05, 0) is 41.4 Å². The highest BCUT2D eigenvalue weighted by molar-refractivity contribution is 9.10. The van der Waals surface area contributed by atoms with E-state index in [1.54, 1.807) is 6.07 Å². The summed E-state index contributed by atoms with van der Waals surface area (Å²) >= 11 is 3.40. The molecule has 0 spiro atoms. The molecule has 0 aliphatic carbocycles. The summed E-state index contributed by atoms with van der Waals surface area (Å²) in [5.74, 6) is 1.36. The van der Waals surface area contributed by atoms with Gasteiger partial charge in [0.1, 0.15) is 0 Å². The van der Waals surface area contributed by atoms with Gasteiger partial charge in [0.2, 0.25) is 0 Å². The molecule has 0 aromatic heterocycles. The quantitative estimate of drug-likeness (QED) is 0.360. The Morgan fingerprint density at radius 1 is 1.28 bits per heavy atom. The molecule has 0 unspecified atom stereocenters. The van der Waals surface area contributed by atoms with Crippen LogP contribution in [0.4, 0.5) is 0 Å². The van der Waals surface area contributed by atoms with Crippen LogP contribution in [0, 0.1) is 0 Å². The average Bonchev–Trinajstić information content (AvgIpc) is 2.35. The summed E-state index contributed by atoms with van der Waals surface area (Å²) < 4.78 is 12.0. The molecule has 1 N–H and O–H groups in total. The van der Waals surface area contributed by atoms with E-state index in [9.17, 15) is 0 Å². The topological polar surface area (TPSA) is 51.0 Å². The molecule has 0 bridgehead atoms. The standard InChI is InChI=1S/C13H18BrNO3/c1-3-5-6-18-13-8-11(14)10(9-15-16)7-12(13)17-4-2/h7-9,16H,3-6H2,1-2H3/b15-9+. The van der Waals surface area contributed by atoms with Gasteiger partial charge in [0, 0.05) is 10.0 Å². The Balaban J connectivity index is 2.96. The van der Waals surface area contributed by atoms with Crippen LogP contribution in [0.3, 0.4) is 0 Å². The first-order chi connectivity index (χ1) is 8.72. The molecule has 1 rings (SSSR count). The van der Waals surface area contributed by atoms with Gasteiger partial charge in [-0.2, -0.15) is 0 Å². The van der Waals surface area contributed by atoms with E-state index in [0.29, 0.717) is 24.7 Å². The Labute approximate surface area is 116 Å². The Morgan fingerprint density at radius 3 is 2.61 bits per heavy atom. The zero-order valence-corrected chi connectivity index (χ0v) is 12.2. The maximum absolute atomic E-state index is 8.58. The minimum atomic E-state index is 0.557. The van der Waals surface area contributed by atoms with Crippen molar-refractivity contribution < 1.29 is 14.7 Å². The van der Waals surface area contributed by atoms with Crippen LogP contribution in [0.15, 0.2) is 21.8 Å². The predicted molar refractivity (Wildman–Crippen MR) is 75.1 cm³/mol. The van der Waals surface area contributed by atoms with Crippen LogP contribution in [-0.4, -0.2) is 24.6 Å². The molecule has 1 aromatic rings. The van der Waals surface area contributed by atoms with Crippen LogP contribution in [0.25, 0.3) is 0 Å². The molecule has 0 aliphatic heterocycles. The first-order valence-electron chi connectivity index (χ1n) is 5.99. The number of benzene rings is 1. The fourth-order valence-corrected chi connectivity index (χ4v) is 1.84. The third-order valence-corrected chi connectivity index (χ3v) is 3.00. The zero-order chi connectivity index (χ0) is 13.4. The lowest BCUT2D eigenvalue weighted by Gasteiger charge is -2.13. The Kier molecular flexibility index (Phi) is 6.57. The molecular formula is C13H18BrNO3. The van der Waals surface area contributed by atoms with E-state index in [2.05, 4.69) is 28.0 Å². The van der Waals surface area contributed by atoms with Gasteiger partial charge in [-0.15, -0.1) is 0 Å². The normalized spacial score (nSPS) is 10.8. The predicted octanol–water partition coefficient (Wildman–Crippen LogP) is 3.83. The molecule has 0 radical (unpaired) electrons. The van der Waals surface area contributed by atoms with Crippen molar-refractivity contribution in [1.82, 2.24) is 0 Å². The maximum atomic E-state index is 8.58. The van der Waals surface area contributed by atoms with Crippen molar-refractivity contribution in [3.8, 4) is 11.5 Å². The van der Waals surface area contributed by atoms with Gasteiger partial charge in [-0.1, -0.05) is 18.5 Å². The van der Waals surface area contributed by atoms with E-state index in [0.717, 1.165) is 22.9 Å². The second-order valence-electron chi connectivity index (χ2n) is 3.70. The Bertz CT molecular complexity index is 407. The highest BCUT2D eigenvalue weighted by atomic mass is 79.9. The summed E-state index contributed by atoms with van der Waals surface area (Å²) in [5, 5.41) is 11.6. The second kappa shape index (κ2) is 7.97. The largest absolute Gasteiger partial charge is 0.490 e. The van der Waals surface area contributed by atoms with Gasteiger partial charge in [0.25, 0.3) is 0 Å². The van der Waals surface area contributed by atoms with Gasteiger partial charge >= 0.3 is 0 Å². The molecule has 0 amide bonds. The second-order valence-corrected chi connectivity index (χ2v) is 4.55. The minimum absolute atomic E-state index is 0.557. The van der Waals surface area contributed by atoms with Crippen LogP contribution in [0.1, 0.15) is 32.3 Å². The van der Waals surface area contributed by atoms with Gasteiger partial charge in [-0.3, -0.25) is 0 Å². The molecule has 0 heterocycles. The highest BCUT2D eigenvalue weighted by Crippen LogP contribution is 2.33. The molecule has 5 heteroatoms. The van der Waals surface area contributed by atoms with Gasteiger partial charge in [0.05, 0.1) is 19.4 Å². The molecule has 0 saturated carbocycles. The lowest BCUT2D eigenvalue weighted by atomic mass is 10.2. The number of oxime groups is 1. The lowest BCUT2D eigenvalue weighted by Crippen LogP contribution is -2.02. The van der Waals surface area contributed by atoms with Gasteiger partial charge in [-0.25, -0.2) is 0 Å². The number of hydrogen-bond acceptors (Lipinski definition) is 4. The van der Waals surface area contributed by atoms with Crippen molar-refractivity contribution in [2.24, 2.45) is 5.16 Å². The third kappa shape index (κ3) is 4.22. The molecule has 100 valence electrons. The fraction of sp³-hybridized carbons (Fsp3) is 0.462. The van der Waals surface area contributed by atoms with Crippen molar-refractivity contribution in [2.75, 3.05) is 13.2 Å². The van der Waals surface area contributed by atoms with E-state index in [1.165, 1.54) is 6.21 Å². The fourth-order valence-electron chi connectivity index (χ4n) is 1.42. The monoisotopic (exact) mass is 315 g/mol. The number of ether oxygens (including phenoxy) is 2. The first kappa shape index (κ1) is 14.8. The number of hydrogen-bond donors (Lipinski definition) is 1. The third-order valence-electron chi connectivity index (χ3n) is 2.32. The summed E-state index contributed by atoms with van der Waals surface area (Å²) in [4.78, 5) is 0. The molecule has 4 nitrogen and oxygen atoms in total. The van der Waals surface area contributed by atoms with E-state index in [-0.39, 0.29) is 0 Å². The number of nitrogens with zero attached hydrogens (tertiary/aromatic N) is 1. The molecule has 0 fully saturated rings. The molecular weight excluding hydrogens is 298 g/mol. The van der Waals surface area contributed by atoms with E-state index in [1.807, 2.05) is 13.0 Å². The Hall–Kier alpha value is -1.23. The van der Waals surface area contributed by atoms with E-state index in [4.69, 9.17) is 14.7 Å². The van der Waals surface area contributed by atoms with Crippen LogP contribution in [0.2, 0.25) is 0 Å². The van der Waals surface area contributed by atoms with Gasteiger partial charge < -0.3 is 14.7 Å². The van der Waals surface area contributed by atoms with Crippen LogP contribution >= 0.6 is 15.9 Å². The molecule has 0 aliphatic rings. The van der Waals surface area contributed by atoms with Crippen molar-refractivity contribution in [1.29, 1.82) is 0 Å². The van der Waals surface area contributed by atoms with Crippen molar-refractivity contribution in [3.63, 3.8) is 0 Å². The maximum Gasteiger partial charge on any atom is 0.162 e. The molecule has 1 aromatic carbocycles. The number of rotatable bonds is 7. The summed E-state index contributed by atoms with van der Waals surface area (Å²) in [5.41, 5.74) is 0.740. The van der Waals surface area contributed by atoms with Crippen molar-refractivity contribution in [2.45, 2.75) is 26.7 Å². The average molecular weight is 316 g/mol. The lowest BCUT2D eigenvalue weighted by molar-refractivity contribution is 0.272. The molecule has 0 atom stereocenters. The zero-order valence-electron chi connectivity index (χ0n) is 10.6. The summed E-state index contributed by atoms with van der Waals surface area (Å²) in [6.45, 7) is 5.25. The van der Waals surface area contributed by atoms with E-state index >= 15 is 0 Å². The summed E-state index contributed by atoms with van der Waals surface area (Å²) in [6.07, 6.45) is 3.44. The number of unbranched alkanes of at least 4 members (excludes halogenated alkanes) is 1. The van der Waals surface area contributed by atoms with Gasteiger partial charge in [0.15, 0.2) is 11.5 Å². The SMILES string of the molecule is CCCCOc1cc(Br)c(/C=N/O)cc1OCC. The van der Waals surface area contributed by atoms with Crippen LogP contribution in [0.5, 0.6) is 11.5 Å². The van der Waals surface area contributed by atoms with Crippen molar-refractivity contribution >= 4 is 22.1 Å². The van der Waals surface area contributed by atoms with E-state index < -0.39 is 0 Å². The molecule has 0 saturated heterocycles. The summed E-state index contributed by atoms with van der Waals surface area (Å²) in [7, 11) is 0. The molecule has 18 heavy (non-hydrogen) atoms. The highest BCUT2D eigenvalue weighted by Gasteiger charge is 2.09. The van der Waals surface area contributed by atoms with Crippen LogP contribution < -0.4 is 9.47 Å². The number of halogens is 1. The Morgan fingerprint density at radius 2 is 2.00 bits per heavy atom. The minimum Gasteiger partial charge on any atom is -0.490 e.